The monoisotopic (exact) mass is 366 g/mol. The number of nitro benzene ring substituents is 1. The number of carbonyl (C=O) groups is 2. The number of hydrogen-bond acceptors (Lipinski definition) is 7. The van der Waals surface area contributed by atoms with Crippen molar-refractivity contribution in [3.8, 4) is 0 Å². The maximum atomic E-state index is 12.2. The fourth-order valence-electron chi connectivity index (χ4n) is 2.38. The van der Waals surface area contributed by atoms with Gasteiger partial charge in [-0.15, -0.1) is 0 Å². The molecule has 0 bridgehead atoms. The Morgan fingerprint density at radius 3 is 2.60 bits per heavy atom. The average Bonchev–Trinajstić information content (AvgIpc) is 3.04. The highest BCUT2D eigenvalue weighted by molar-refractivity contribution is 7.00. The summed E-state index contributed by atoms with van der Waals surface area (Å²) >= 11 is 0.865. The molecule has 0 unspecified atom stereocenters. The third-order valence-electron chi connectivity index (χ3n) is 3.65. The molecule has 0 aliphatic heterocycles. The van der Waals surface area contributed by atoms with Gasteiger partial charge in [-0.2, -0.15) is 8.75 Å². The van der Waals surface area contributed by atoms with Gasteiger partial charge in [0.1, 0.15) is 5.52 Å². The SMILES string of the molecule is O=C(O)CCCCCCCNC(=O)c1cc([N+](=O)[O-])c2nsnc2c1. The number of rotatable bonds is 10. The minimum absolute atomic E-state index is 0.184. The standard InChI is InChI=1S/C15H18N4O5S/c20-13(21)6-4-2-1-3-5-7-16-15(22)10-8-11-14(18-25-17-11)12(9-10)19(23)24/h8-9H,1-7H2,(H,16,22)(H,20,21). The van der Waals surface area contributed by atoms with Crippen LogP contribution in [0.4, 0.5) is 5.69 Å². The summed E-state index contributed by atoms with van der Waals surface area (Å²) in [6.07, 6.45) is 4.25. The molecule has 0 saturated heterocycles. The molecule has 0 fully saturated rings. The van der Waals surface area contributed by atoms with Gasteiger partial charge in [0, 0.05) is 24.6 Å². The Kier molecular flexibility index (Phi) is 6.75. The zero-order chi connectivity index (χ0) is 18.2. The van der Waals surface area contributed by atoms with Crippen LogP contribution in [-0.2, 0) is 4.79 Å². The number of unbranched alkanes of at least 4 members (excludes halogenated alkanes) is 4. The number of nitrogens with one attached hydrogen (secondary N) is 1. The molecule has 0 aliphatic carbocycles. The van der Waals surface area contributed by atoms with Crippen LogP contribution in [0.3, 0.4) is 0 Å². The largest absolute Gasteiger partial charge is 0.481 e. The van der Waals surface area contributed by atoms with Gasteiger partial charge < -0.3 is 10.4 Å². The molecule has 2 aromatic rings. The maximum absolute atomic E-state index is 12.2. The molecule has 25 heavy (non-hydrogen) atoms. The first-order valence-electron chi connectivity index (χ1n) is 7.89. The number of carbonyl (C=O) groups excluding carboxylic acids is 1. The van der Waals surface area contributed by atoms with Gasteiger partial charge in [-0.3, -0.25) is 19.7 Å². The molecule has 1 aromatic carbocycles. The summed E-state index contributed by atoms with van der Waals surface area (Å²) in [5, 5.41) is 22.4. The highest BCUT2D eigenvalue weighted by Gasteiger charge is 2.19. The lowest BCUT2D eigenvalue weighted by molar-refractivity contribution is -0.383. The number of benzene rings is 1. The van der Waals surface area contributed by atoms with Gasteiger partial charge in [-0.1, -0.05) is 19.3 Å². The lowest BCUT2D eigenvalue weighted by atomic mass is 10.1. The smallest absolute Gasteiger partial charge is 0.303 e. The summed E-state index contributed by atoms with van der Waals surface area (Å²) in [7, 11) is 0. The van der Waals surface area contributed by atoms with Gasteiger partial charge in [0.15, 0.2) is 5.52 Å². The van der Waals surface area contributed by atoms with Crippen LogP contribution in [0.5, 0.6) is 0 Å². The Labute approximate surface area is 147 Å². The molecule has 10 heteroatoms. The van der Waals surface area contributed by atoms with Gasteiger partial charge in [-0.05, 0) is 18.9 Å². The molecule has 0 aliphatic rings. The van der Waals surface area contributed by atoms with E-state index in [1.807, 2.05) is 0 Å². The molecular weight excluding hydrogens is 348 g/mol. The molecule has 1 amide bonds. The number of carboxylic acid groups (broad SMARTS) is 1. The minimum atomic E-state index is -0.784. The summed E-state index contributed by atoms with van der Waals surface area (Å²) in [5.41, 5.74) is 0.485. The van der Waals surface area contributed by atoms with Crippen molar-refractivity contribution in [2.45, 2.75) is 38.5 Å². The molecule has 2 rings (SSSR count). The number of aliphatic carboxylic acids is 1. The van der Waals surface area contributed by atoms with E-state index in [2.05, 4.69) is 14.1 Å². The summed E-state index contributed by atoms with van der Waals surface area (Å²) in [6.45, 7) is 0.457. The van der Waals surface area contributed by atoms with Crippen LogP contribution in [0.25, 0.3) is 11.0 Å². The van der Waals surface area contributed by atoms with Crippen molar-refractivity contribution in [1.82, 2.24) is 14.1 Å². The van der Waals surface area contributed by atoms with Crippen molar-refractivity contribution in [1.29, 1.82) is 0 Å². The summed E-state index contributed by atoms with van der Waals surface area (Å²) in [6, 6.07) is 2.71. The van der Waals surface area contributed by atoms with Gasteiger partial charge in [0.25, 0.3) is 11.6 Å². The third kappa shape index (κ3) is 5.45. The third-order valence-corrected chi connectivity index (χ3v) is 4.20. The summed E-state index contributed by atoms with van der Waals surface area (Å²) in [5.74, 6) is -1.17. The van der Waals surface area contributed by atoms with Gasteiger partial charge in [0.2, 0.25) is 0 Å². The van der Waals surface area contributed by atoms with Crippen LogP contribution in [0, 0.1) is 10.1 Å². The second kappa shape index (κ2) is 9.02. The van der Waals surface area contributed by atoms with E-state index >= 15 is 0 Å². The van der Waals surface area contributed by atoms with E-state index in [0.717, 1.165) is 37.4 Å². The quantitative estimate of drug-likeness (QED) is 0.375. The topological polar surface area (TPSA) is 135 Å². The molecule has 2 N–H and O–H groups in total. The van der Waals surface area contributed by atoms with Crippen LogP contribution in [0.15, 0.2) is 12.1 Å². The molecule has 1 heterocycles. The second-order valence-electron chi connectivity index (χ2n) is 5.55. The highest BCUT2D eigenvalue weighted by atomic mass is 32.1. The van der Waals surface area contributed by atoms with Crippen LogP contribution in [-0.4, -0.2) is 37.2 Å². The van der Waals surface area contributed by atoms with E-state index in [0.29, 0.717) is 18.5 Å². The Morgan fingerprint density at radius 1 is 1.16 bits per heavy atom. The number of aromatic nitrogens is 2. The average molecular weight is 366 g/mol. The first-order chi connectivity index (χ1) is 12.0. The van der Waals surface area contributed by atoms with Crippen molar-refractivity contribution >= 4 is 40.3 Å². The van der Waals surface area contributed by atoms with Gasteiger partial charge in [0.05, 0.1) is 16.7 Å². The van der Waals surface area contributed by atoms with Crippen molar-refractivity contribution in [2.75, 3.05) is 6.54 Å². The number of nitrogens with zero attached hydrogens (tertiary/aromatic N) is 3. The van der Waals surface area contributed by atoms with Crippen LogP contribution in [0.1, 0.15) is 48.9 Å². The Hall–Kier alpha value is -2.62. The fraction of sp³-hybridized carbons (Fsp3) is 0.467. The minimum Gasteiger partial charge on any atom is -0.481 e. The zero-order valence-electron chi connectivity index (χ0n) is 13.4. The van der Waals surface area contributed by atoms with E-state index in [1.54, 1.807) is 0 Å². The molecule has 9 nitrogen and oxygen atoms in total. The Morgan fingerprint density at radius 2 is 1.88 bits per heavy atom. The van der Waals surface area contributed by atoms with Crippen molar-refractivity contribution in [3.05, 3.63) is 27.8 Å². The highest BCUT2D eigenvalue weighted by Crippen LogP contribution is 2.25. The molecule has 134 valence electrons. The predicted octanol–water partition coefficient (Wildman–Crippen LogP) is 2.75. The Bertz CT molecular complexity index is 776. The molecule has 1 aromatic heterocycles. The molecule has 0 radical (unpaired) electrons. The van der Waals surface area contributed by atoms with Gasteiger partial charge >= 0.3 is 5.97 Å². The second-order valence-corrected chi connectivity index (χ2v) is 6.08. The zero-order valence-corrected chi connectivity index (χ0v) is 14.3. The molecule has 0 atom stereocenters. The molecule has 0 spiro atoms. The molecular formula is C15H18N4O5S. The number of fused-ring (bicyclic) bond motifs is 1. The number of carboxylic acids is 1. The van der Waals surface area contributed by atoms with E-state index < -0.39 is 10.9 Å². The first kappa shape index (κ1) is 18.7. The number of nitro groups is 1. The first-order valence-corrected chi connectivity index (χ1v) is 8.63. The number of non-ortho nitro benzene ring substituents is 1. The van der Waals surface area contributed by atoms with Crippen LogP contribution in [0.2, 0.25) is 0 Å². The van der Waals surface area contributed by atoms with E-state index in [-0.39, 0.29) is 29.1 Å². The normalized spacial score (nSPS) is 10.7. The predicted molar refractivity (Wildman–Crippen MR) is 91.7 cm³/mol. The number of hydrogen-bond donors (Lipinski definition) is 2. The lowest BCUT2D eigenvalue weighted by Gasteiger charge is -2.05. The Balaban J connectivity index is 1.80. The lowest BCUT2D eigenvalue weighted by Crippen LogP contribution is -2.24. The van der Waals surface area contributed by atoms with E-state index in [4.69, 9.17) is 5.11 Å². The molecule has 0 saturated carbocycles. The summed E-state index contributed by atoms with van der Waals surface area (Å²) < 4.78 is 7.84. The number of amides is 1. The van der Waals surface area contributed by atoms with E-state index in [9.17, 15) is 19.7 Å². The van der Waals surface area contributed by atoms with Crippen molar-refractivity contribution in [2.24, 2.45) is 0 Å². The van der Waals surface area contributed by atoms with Crippen molar-refractivity contribution < 1.29 is 19.6 Å². The van der Waals surface area contributed by atoms with E-state index in [1.165, 1.54) is 12.1 Å². The van der Waals surface area contributed by atoms with Crippen LogP contribution < -0.4 is 5.32 Å². The summed E-state index contributed by atoms with van der Waals surface area (Å²) in [4.78, 5) is 33.0. The van der Waals surface area contributed by atoms with Crippen LogP contribution >= 0.6 is 11.7 Å². The van der Waals surface area contributed by atoms with Gasteiger partial charge in [-0.25, -0.2) is 0 Å². The fourth-order valence-corrected chi connectivity index (χ4v) is 2.92. The van der Waals surface area contributed by atoms with Crippen molar-refractivity contribution in [3.63, 3.8) is 0 Å². The maximum Gasteiger partial charge on any atom is 0.303 e.